The van der Waals surface area contributed by atoms with Crippen molar-refractivity contribution >= 4 is 0 Å². The Bertz CT molecular complexity index is 624. The standard InChI is InChI=1S/C21H29NO3/c1-23-19-4-2-3-15-7-12-24-21(20(15)19)8-10-22(11-9-21)14-16-13-17-5-6-18(16)25-17/h2-4,16-18H,5-14H2,1H3/t16-,17+,18-/m1/s1. The molecule has 5 rings (SSSR count). The molecule has 4 nitrogen and oxygen atoms in total. The lowest BCUT2D eigenvalue weighted by molar-refractivity contribution is -0.101. The number of ether oxygens (including phenoxy) is 3. The van der Waals surface area contributed by atoms with Gasteiger partial charge in [-0.1, -0.05) is 12.1 Å². The van der Waals surface area contributed by atoms with Gasteiger partial charge in [0.05, 0.1) is 31.5 Å². The molecule has 4 aliphatic heterocycles. The summed E-state index contributed by atoms with van der Waals surface area (Å²) in [6.07, 6.45) is 8.08. The zero-order valence-electron chi connectivity index (χ0n) is 15.2. The van der Waals surface area contributed by atoms with Gasteiger partial charge in [0.15, 0.2) is 0 Å². The highest BCUT2D eigenvalue weighted by molar-refractivity contribution is 5.46. The summed E-state index contributed by atoms with van der Waals surface area (Å²) in [5.74, 6) is 1.76. The Kier molecular flexibility index (Phi) is 4.03. The van der Waals surface area contributed by atoms with Gasteiger partial charge in [0, 0.05) is 31.1 Å². The highest BCUT2D eigenvalue weighted by Gasteiger charge is 2.45. The minimum absolute atomic E-state index is 0.137. The van der Waals surface area contributed by atoms with Crippen LogP contribution in [0.2, 0.25) is 0 Å². The number of likely N-dealkylation sites (tertiary alicyclic amines) is 1. The smallest absolute Gasteiger partial charge is 0.125 e. The SMILES string of the molecule is COc1cccc2c1C1(CCN(C[C@H]3C[C@@H]4CC[C@H]3O4)CC1)OCC2. The maximum absolute atomic E-state index is 6.41. The summed E-state index contributed by atoms with van der Waals surface area (Å²) in [6, 6.07) is 6.45. The van der Waals surface area contributed by atoms with Gasteiger partial charge in [-0.2, -0.15) is 0 Å². The fourth-order valence-corrected chi connectivity index (χ4v) is 5.66. The Hall–Kier alpha value is -1.10. The lowest BCUT2D eigenvalue weighted by atomic mass is 9.78. The molecule has 136 valence electrons. The molecule has 4 heteroatoms. The van der Waals surface area contributed by atoms with Crippen LogP contribution in [0, 0.1) is 5.92 Å². The van der Waals surface area contributed by atoms with E-state index in [2.05, 4.69) is 23.1 Å². The first-order chi connectivity index (χ1) is 12.3. The third kappa shape index (κ3) is 2.70. The fourth-order valence-electron chi connectivity index (χ4n) is 5.66. The van der Waals surface area contributed by atoms with Crippen molar-refractivity contribution in [3.8, 4) is 5.75 Å². The summed E-state index contributed by atoms with van der Waals surface area (Å²) in [6.45, 7) is 4.27. The van der Waals surface area contributed by atoms with Crippen molar-refractivity contribution in [3.63, 3.8) is 0 Å². The molecule has 1 aromatic carbocycles. The highest BCUT2D eigenvalue weighted by atomic mass is 16.5. The van der Waals surface area contributed by atoms with Crippen molar-refractivity contribution in [1.82, 2.24) is 4.90 Å². The molecule has 3 fully saturated rings. The average molecular weight is 343 g/mol. The first-order valence-corrected chi connectivity index (χ1v) is 9.95. The van der Waals surface area contributed by atoms with Gasteiger partial charge in [-0.15, -0.1) is 0 Å². The molecule has 4 aliphatic rings. The number of methoxy groups -OCH3 is 1. The van der Waals surface area contributed by atoms with E-state index in [0.29, 0.717) is 12.2 Å². The van der Waals surface area contributed by atoms with Gasteiger partial charge in [0.2, 0.25) is 0 Å². The molecular weight excluding hydrogens is 314 g/mol. The van der Waals surface area contributed by atoms with Gasteiger partial charge >= 0.3 is 0 Å². The summed E-state index contributed by atoms with van der Waals surface area (Å²) in [5.41, 5.74) is 2.61. The molecule has 0 saturated carbocycles. The first kappa shape index (κ1) is 16.1. The van der Waals surface area contributed by atoms with Crippen LogP contribution in [0.3, 0.4) is 0 Å². The third-order valence-corrected chi connectivity index (χ3v) is 6.93. The number of nitrogens with zero attached hydrogens (tertiary/aromatic N) is 1. The van der Waals surface area contributed by atoms with E-state index in [1.54, 1.807) is 7.11 Å². The topological polar surface area (TPSA) is 30.9 Å². The van der Waals surface area contributed by atoms with Crippen LogP contribution in [0.25, 0.3) is 0 Å². The molecule has 4 heterocycles. The molecule has 2 bridgehead atoms. The van der Waals surface area contributed by atoms with Gasteiger partial charge in [-0.25, -0.2) is 0 Å². The van der Waals surface area contributed by atoms with Crippen LogP contribution >= 0.6 is 0 Å². The van der Waals surface area contributed by atoms with Crippen LogP contribution < -0.4 is 4.74 Å². The van der Waals surface area contributed by atoms with Gasteiger partial charge in [0.25, 0.3) is 0 Å². The Balaban J connectivity index is 1.30. The molecule has 1 aromatic rings. The van der Waals surface area contributed by atoms with Crippen molar-refractivity contribution in [2.24, 2.45) is 5.92 Å². The summed E-state index contributed by atoms with van der Waals surface area (Å²) in [4.78, 5) is 2.65. The Morgan fingerprint density at radius 3 is 2.84 bits per heavy atom. The molecular formula is C21H29NO3. The predicted octanol–water partition coefficient (Wildman–Crippen LogP) is 3.13. The van der Waals surface area contributed by atoms with Gasteiger partial charge in [-0.3, -0.25) is 0 Å². The van der Waals surface area contributed by atoms with E-state index >= 15 is 0 Å². The zero-order chi connectivity index (χ0) is 16.9. The largest absolute Gasteiger partial charge is 0.496 e. The van der Waals surface area contributed by atoms with E-state index in [1.807, 2.05) is 0 Å². The lowest BCUT2D eigenvalue weighted by Gasteiger charge is -2.46. The summed E-state index contributed by atoms with van der Waals surface area (Å²) < 4.78 is 18.2. The van der Waals surface area contributed by atoms with Crippen molar-refractivity contribution in [1.29, 1.82) is 0 Å². The van der Waals surface area contributed by atoms with E-state index in [1.165, 1.54) is 36.9 Å². The normalized spacial score (nSPS) is 33.6. The summed E-state index contributed by atoms with van der Waals surface area (Å²) >= 11 is 0. The maximum Gasteiger partial charge on any atom is 0.125 e. The molecule has 0 unspecified atom stereocenters. The second kappa shape index (κ2) is 6.26. The van der Waals surface area contributed by atoms with E-state index < -0.39 is 0 Å². The van der Waals surface area contributed by atoms with Crippen LogP contribution in [-0.4, -0.2) is 50.5 Å². The molecule has 0 aliphatic carbocycles. The monoisotopic (exact) mass is 343 g/mol. The highest BCUT2D eigenvalue weighted by Crippen LogP contribution is 2.46. The molecule has 1 spiro atoms. The molecule has 3 atom stereocenters. The zero-order valence-corrected chi connectivity index (χ0v) is 15.2. The maximum atomic E-state index is 6.41. The van der Waals surface area contributed by atoms with E-state index in [0.717, 1.165) is 50.6 Å². The summed E-state index contributed by atoms with van der Waals surface area (Å²) in [7, 11) is 1.78. The molecule has 0 N–H and O–H groups in total. The number of piperidine rings is 1. The lowest BCUT2D eigenvalue weighted by Crippen LogP contribution is -2.48. The number of rotatable bonds is 3. The molecule has 3 saturated heterocycles. The molecule has 0 radical (unpaired) electrons. The second-order valence-corrected chi connectivity index (χ2v) is 8.26. The molecule has 25 heavy (non-hydrogen) atoms. The Morgan fingerprint density at radius 1 is 1.24 bits per heavy atom. The number of hydrogen-bond acceptors (Lipinski definition) is 4. The van der Waals surface area contributed by atoms with E-state index in [-0.39, 0.29) is 5.60 Å². The van der Waals surface area contributed by atoms with Crippen molar-refractivity contribution < 1.29 is 14.2 Å². The fraction of sp³-hybridized carbons (Fsp3) is 0.714. The third-order valence-electron chi connectivity index (χ3n) is 6.93. The first-order valence-electron chi connectivity index (χ1n) is 9.95. The van der Waals surface area contributed by atoms with Crippen LogP contribution in [-0.2, 0) is 21.5 Å². The van der Waals surface area contributed by atoms with Crippen molar-refractivity contribution in [2.75, 3.05) is 33.4 Å². The van der Waals surface area contributed by atoms with Crippen LogP contribution in [0.5, 0.6) is 5.75 Å². The number of fused-ring (bicyclic) bond motifs is 4. The predicted molar refractivity (Wildman–Crippen MR) is 96.0 cm³/mol. The van der Waals surface area contributed by atoms with Crippen LogP contribution in [0.4, 0.5) is 0 Å². The van der Waals surface area contributed by atoms with Gasteiger partial charge in [-0.05, 0) is 50.2 Å². The van der Waals surface area contributed by atoms with E-state index in [9.17, 15) is 0 Å². The van der Waals surface area contributed by atoms with Crippen molar-refractivity contribution in [3.05, 3.63) is 29.3 Å². The van der Waals surface area contributed by atoms with Gasteiger partial charge < -0.3 is 19.1 Å². The molecule has 0 amide bonds. The molecule has 0 aromatic heterocycles. The second-order valence-electron chi connectivity index (χ2n) is 8.26. The summed E-state index contributed by atoms with van der Waals surface area (Å²) in [5, 5.41) is 0. The average Bonchev–Trinajstić information content (AvgIpc) is 3.27. The van der Waals surface area contributed by atoms with Gasteiger partial charge in [0.1, 0.15) is 5.75 Å². The van der Waals surface area contributed by atoms with E-state index in [4.69, 9.17) is 14.2 Å². The quantitative estimate of drug-likeness (QED) is 0.844. The number of hydrogen-bond donors (Lipinski definition) is 0. The van der Waals surface area contributed by atoms with Crippen LogP contribution in [0.1, 0.15) is 43.2 Å². The number of benzene rings is 1. The minimum atomic E-state index is -0.137. The Morgan fingerprint density at radius 2 is 2.12 bits per heavy atom. The van der Waals surface area contributed by atoms with Crippen molar-refractivity contribution in [2.45, 2.75) is 56.3 Å². The minimum Gasteiger partial charge on any atom is -0.496 e. The van der Waals surface area contributed by atoms with Crippen LogP contribution in [0.15, 0.2) is 18.2 Å². The Labute approximate surface area is 150 Å².